The van der Waals surface area contributed by atoms with Crippen molar-refractivity contribution in [3.05, 3.63) is 110 Å². The highest BCUT2D eigenvalue weighted by Crippen LogP contribution is 2.36. The molecule has 1 fully saturated rings. The molecule has 2 aromatic heterocycles. The molecule has 1 aliphatic heterocycles. The van der Waals surface area contributed by atoms with Crippen molar-refractivity contribution in [2.45, 2.75) is 38.0 Å². The number of nitrogens with zero attached hydrogens (tertiary/aromatic N) is 1. The van der Waals surface area contributed by atoms with E-state index >= 15 is 0 Å². The summed E-state index contributed by atoms with van der Waals surface area (Å²) in [5.41, 5.74) is 2.13. The van der Waals surface area contributed by atoms with Crippen LogP contribution in [0.25, 0.3) is 0 Å². The van der Waals surface area contributed by atoms with Crippen molar-refractivity contribution in [3.8, 4) is 11.5 Å². The van der Waals surface area contributed by atoms with Gasteiger partial charge in [-0.25, -0.2) is 14.6 Å². The number of rotatable bonds is 14. The van der Waals surface area contributed by atoms with Crippen molar-refractivity contribution >= 4 is 46.5 Å². The van der Waals surface area contributed by atoms with Crippen LogP contribution in [-0.2, 0) is 27.2 Å². The minimum atomic E-state index is -0.737. The van der Waals surface area contributed by atoms with Crippen LogP contribution in [0.1, 0.15) is 56.2 Å². The van der Waals surface area contributed by atoms with E-state index in [1.807, 2.05) is 42.5 Å². The van der Waals surface area contributed by atoms with E-state index in [0.717, 1.165) is 36.4 Å². The third-order valence-corrected chi connectivity index (χ3v) is 10.0. The number of aromatic nitrogens is 1. The minimum absolute atomic E-state index is 0.228. The third kappa shape index (κ3) is 9.27. The van der Waals surface area contributed by atoms with Gasteiger partial charge in [-0.15, -0.1) is 11.3 Å². The molecule has 0 aliphatic carbocycles. The molecule has 0 spiro atoms. The summed E-state index contributed by atoms with van der Waals surface area (Å²) < 4.78 is 22.8. The smallest absolute Gasteiger partial charge is 0.348 e. The number of esters is 2. The SMILES string of the molecule is COc1ccc([C@H](Cc2c(Cl)c[nH+]cc2Cl)OC(=O)c2ccc(CNC(C(=O)OC[C@H]3CCCN(C)C3)c3ccccc3)s2)cc1OC. The van der Waals surface area contributed by atoms with Crippen molar-refractivity contribution in [2.75, 3.05) is 41.0 Å². The maximum absolute atomic E-state index is 13.6. The maximum Gasteiger partial charge on any atom is 0.348 e. The van der Waals surface area contributed by atoms with Gasteiger partial charge in [0.2, 0.25) is 0 Å². The molecule has 2 aromatic carbocycles. The number of halogens is 2. The largest absolute Gasteiger partial charge is 0.493 e. The van der Waals surface area contributed by atoms with Crippen molar-refractivity contribution in [2.24, 2.45) is 5.92 Å². The molecular formula is C36H40Cl2N3O6S+. The Morgan fingerprint density at radius 2 is 1.75 bits per heavy atom. The normalized spacial score (nSPS) is 16.1. The Balaban J connectivity index is 1.29. The average Bonchev–Trinajstić information content (AvgIpc) is 3.58. The van der Waals surface area contributed by atoms with E-state index in [1.165, 1.54) is 11.3 Å². The monoisotopic (exact) mass is 712 g/mol. The van der Waals surface area contributed by atoms with E-state index in [9.17, 15) is 9.59 Å². The molecule has 254 valence electrons. The van der Waals surface area contributed by atoms with Gasteiger partial charge in [0.25, 0.3) is 0 Å². The summed E-state index contributed by atoms with van der Waals surface area (Å²) in [6.07, 6.45) is 4.89. The summed E-state index contributed by atoms with van der Waals surface area (Å²) in [4.78, 5) is 33.4. The van der Waals surface area contributed by atoms with Crippen LogP contribution >= 0.6 is 34.5 Å². The van der Waals surface area contributed by atoms with Crippen molar-refractivity contribution in [1.82, 2.24) is 10.2 Å². The molecule has 12 heteroatoms. The van der Waals surface area contributed by atoms with Crippen LogP contribution in [0.15, 0.2) is 73.1 Å². The van der Waals surface area contributed by atoms with Gasteiger partial charge < -0.3 is 23.8 Å². The van der Waals surface area contributed by atoms with Crippen LogP contribution in [0.4, 0.5) is 0 Å². The Bertz CT molecular complexity index is 1670. The number of piperidine rings is 1. The first-order chi connectivity index (χ1) is 23.2. The van der Waals surface area contributed by atoms with E-state index < -0.39 is 18.1 Å². The quantitative estimate of drug-likeness (QED) is 0.144. The zero-order valence-corrected chi connectivity index (χ0v) is 29.5. The summed E-state index contributed by atoms with van der Waals surface area (Å²) in [7, 11) is 5.19. The number of nitrogens with one attached hydrogen (secondary N) is 2. The fourth-order valence-electron chi connectivity index (χ4n) is 5.79. The number of hydrogen-bond donors (Lipinski definition) is 1. The zero-order valence-electron chi connectivity index (χ0n) is 27.2. The number of ether oxygens (including phenoxy) is 4. The topological polar surface area (TPSA) is 100 Å². The predicted octanol–water partition coefficient (Wildman–Crippen LogP) is 6.74. The van der Waals surface area contributed by atoms with Crippen LogP contribution in [-0.4, -0.2) is 57.8 Å². The van der Waals surface area contributed by atoms with Gasteiger partial charge in [0.15, 0.2) is 23.9 Å². The highest BCUT2D eigenvalue weighted by Gasteiger charge is 2.27. The van der Waals surface area contributed by atoms with Gasteiger partial charge in [-0.05, 0) is 61.8 Å². The van der Waals surface area contributed by atoms with E-state index in [0.29, 0.717) is 56.6 Å². The molecule has 0 saturated carbocycles. The van der Waals surface area contributed by atoms with Crippen LogP contribution in [0.5, 0.6) is 11.5 Å². The second-order valence-corrected chi connectivity index (χ2v) is 13.7. The number of thiophene rings is 1. The number of hydrogen-bond acceptors (Lipinski definition) is 9. The van der Waals surface area contributed by atoms with Gasteiger partial charge in [-0.3, -0.25) is 5.32 Å². The number of carbonyl (C=O) groups is 2. The Hall–Kier alpha value is -3.67. The van der Waals surface area contributed by atoms with Crippen LogP contribution in [0.3, 0.4) is 0 Å². The molecular weight excluding hydrogens is 673 g/mol. The lowest BCUT2D eigenvalue weighted by molar-refractivity contribution is -0.377. The number of aromatic amines is 1. The van der Waals surface area contributed by atoms with Crippen molar-refractivity contribution in [1.29, 1.82) is 0 Å². The first-order valence-electron chi connectivity index (χ1n) is 15.7. The molecule has 0 amide bonds. The Kier molecular flexibility index (Phi) is 12.7. The molecule has 9 nitrogen and oxygen atoms in total. The van der Waals surface area contributed by atoms with Crippen LogP contribution in [0.2, 0.25) is 10.0 Å². The summed E-state index contributed by atoms with van der Waals surface area (Å²) in [5.74, 6) is 0.546. The average molecular weight is 714 g/mol. The number of benzene rings is 2. The van der Waals surface area contributed by atoms with Gasteiger partial charge in [0.05, 0.1) is 20.8 Å². The summed E-state index contributed by atoms with van der Waals surface area (Å²) >= 11 is 14.2. The highest BCUT2D eigenvalue weighted by molar-refractivity contribution is 7.13. The Morgan fingerprint density at radius 3 is 2.46 bits per heavy atom. The molecule has 1 unspecified atom stereocenters. The molecule has 4 aromatic rings. The lowest BCUT2D eigenvalue weighted by Gasteiger charge is -2.29. The molecule has 2 N–H and O–H groups in total. The number of H-pyrrole nitrogens is 1. The fraction of sp³-hybridized carbons (Fsp3) is 0.361. The van der Waals surface area contributed by atoms with Gasteiger partial charge in [0, 0.05) is 35.9 Å². The van der Waals surface area contributed by atoms with Crippen LogP contribution < -0.4 is 19.8 Å². The second kappa shape index (κ2) is 17.1. The molecule has 0 radical (unpaired) electrons. The first-order valence-corrected chi connectivity index (χ1v) is 17.3. The molecule has 0 bridgehead atoms. The number of likely N-dealkylation sites (tertiary alicyclic amines) is 1. The minimum Gasteiger partial charge on any atom is -0.493 e. The third-order valence-electron chi connectivity index (χ3n) is 8.31. The van der Waals surface area contributed by atoms with Crippen molar-refractivity contribution in [3.63, 3.8) is 0 Å². The predicted molar refractivity (Wildman–Crippen MR) is 186 cm³/mol. The number of pyridine rings is 1. The maximum atomic E-state index is 13.6. The van der Waals surface area contributed by atoms with E-state index in [2.05, 4.69) is 22.2 Å². The van der Waals surface area contributed by atoms with Crippen molar-refractivity contribution < 1.29 is 33.5 Å². The Morgan fingerprint density at radius 1 is 1.00 bits per heavy atom. The van der Waals surface area contributed by atoms with E-state index in [1.54, 1.807) is 44.8 Å². The van der Waals surface area contributed by atoms with E-state index in [-0.39, 0.29) is 12.4 Å². The molecule has 5 rings (SSSR count). The number of methoxy groups -OCH3 is 2. The summed E-state index contributed by atoms with van der Waals surface area (Å²) in [6.45, 7) is 2.73. The molecule has 1 saturated heterocycles. The summed E-state index contributed by atoms with van der Waals surface area (Å²) in [5, 5.41) is 4.20. The van der Waals surface area contributed by atoms with Gasteiger partial charge in [-0.1, -0.05) is 59.6 Å². The zero-order chi connectivity index (χ0) is 34.0. The standard InChI is InChI=1S/C36H39Cl2N3O6S/c1-41-15-7-8-23(21-41)22-46-36(43)34(24-9-5-4-6-10-24)40-18-26-12-14-33(48-26)35(42)47-31(17-27-28(37)19-39-20-29(27)38)25-11-13-30(44-2)32(16-25)45-3/h4-6,9-14,16,19-20,23,31,34,40H,7-8,15,17-18,21-22H2,1-3H3/p+1/t23-,31-,34?/m0/s1. The lowest BCUT2D eigenvalue weighted by atomic mass is 9.99. The molecule has 3 heterocycles. The van der Waals surface area contributed by atoms with Gasteiger partial charge in [0.1, 0.15) is 27.1 Å². The second-order valence-electron chi connectivity index (χ2n) is 11.7. The number of carbonyl (C=O) groups excluding carboxylic acids is 2. The van der Waals surface area contributed by atoms with Gasteiger partial charge in [-0.2, -0.15) is 0 Å². The molecule has 3 atom stereocenters. The fourth-order valence-corrected chi connectivity index (χ4v) is 7.16. The van der Waals surface area contributed by atoms with E-state index in [4.69, 9.17) is 42.1 Å². The molecule has 48 heavy (non-hydrogen) atoms. The van der Waals surface area contributed by atoms with Gasteiger partial charge >= 0.3 is 11.9 Å². The lowest BCUT2D eigenvalue weighted by Crippen LogP contribution is -2.36. The Labute approximate surface area is 295 Å². The molecule has 1 aliphatic rings. The first kappa shape index (κ1) is 35.6. The van der Waals surface area contributed by atoms with Crippen LogP contribution in [0, 0.1) is 5.92 Å². The highest BCUT2D eigenvalue weighted by atomic mass is 35.5. The summed E-state index contributed by atoms with van der Waals surface area (Å²) in [6, 6.07) is 17.8.